The molecule has 160 valence electrons. The van der Waals surface area contributed by atoms with Gasteiger partial charge in [0.1, 0.15) is 17.1 Å². The van der Waals surface area contributed by atoms with Crippen LogP contribution in [0.3, 0.4) is 0 Å². The highest BCUT2D eigenvalue weighted by atomic mass is 19.1. The number of hydrogen-bond acceptors (Lipinski definition) is 6. The fraction of sp³-hybridized carbons (Fsp3) is 0.304. The van der Waals surface area contributed by atoms with Crippen LogP contribution in [0, 0.1) is 11.7 Å². The lowest BCUT2D eigenvalue weighted by Crippen LogP contribution is -2.39. The summed E-state index contributed by atoms with van der Waals surface area (Å²) >= 11 is 0. The maximum Gasteiger partial charge on any atom is 0.257 e. The van der Waals surface area contributed by atoms with Crippen LogP contribution in [0.25, 0.3) is 11.4 Å². The number of amides is 1. The summed E-state index contributed by atoms with van der Waals surface area (Å²) in [6, 6.07) is 9.30. The second-order valence-corrected chi connectivity index (χ2v) is 7.35. The number of pyridine rings is 1. The first-order valence-corrected chi connectivity index (χ1v) is 10.2. The number of rotatable bonds is 7. The van der Waals surface area contributed by atoms with Crippen molar-refractivity contribution in [2.24, 2.45) is 5.92 Å². The minimum Gasteiger partial charge on any atom is -0.493 e. The molecule has 1 fully saturated rings. The molecule has 1 amide bonds. The van der Waals surface area contributed by atoms with Crippen LogP contribution in [0.5, 0.6) is 11.6 Å². The summed E-state index contributed by atoms with van der Waals surface area (Å²) in [5.41, 5.74) is 0.864. The normalized spacial score (nSPS) is 17.9. The number of aromatic nitrogens is 3. The third-order valence-electron chi connectivity index (χ3n) is 5.40. The largest absolute Gasteiger partial charge is 0.493 e. The first kappa shape index (κ1) is 20.7. The highest BCUT2D eigenvalue weighted by Gasteiger charge is 2.31. The van der Waals surface area contributed by atoms with Gasteiger partial charge < -0.3 is 14.8 Å². The standard InChI is InChI=1S/C23H23FN4O3/c1-30-23-20(18(10-13-27-23)21-25-11-3-12-26-21)22(29)28-19-5-2-4-15(19)14-31-17-8-6-16(24)7-9-17/h3,6-13,15,19H,2,4-5,14H2,1H3,(H,28,29)/t15-,19?/m1/s1. The van der Waals surface area contributed by atoms with Gasteiger partial charge in [0, 0.05) is 36.1 Å². The zero-order chi connectivity index (χ0) is 21.6. The fourth-order valence-electron chi connectivity index (χ4n) is 3.84. The van der Waals surface area contributed by atoms with Crippen LogP contribution in [-0.2, 0) is 0 Å². The highest BCUT2D eigenvalue weighted by molar-refractivity contribution is 6.02. The Bertz CT molecular complexity index is 1030. The van der Waals surface area contributed by atoms with Crippen molar-refractivity contribution in [2.45, 2.75) is 25.3 Å². The summed E-state index contributed by atoms with van der Waals surface area (Å²) in [4.78, 5) is 26.0. The van der Waals surface area contributed by atoms with E-state index < -0.39 is 0 Å². The van der Waals surface area contributed by atoms with Gasteiger partial charge in [-0.3, -0.25) is 4.79 Å². The Hall–Kier alpha value is -3.55. The van der Waals surface area contributed by atoms with E-state index in [1.807, 2.05) is 0 Å². The van der Waals surface area contributed by atoms with Crippen LogP contribution in [0.1, 0.15) is 29.6 Å². The van der Waals surface area contributed by atoms with E-state index in [0.717, 1.165) is 19.3 Å². The first-order valence-electron chi connectivity index (χ1n) is 10.2. The zero-order valence-electron chi connectivity index (χ0n) is 17.1. The molecule has 1 aliphatic rings. The van der Waals surface area contributed by atoms with Gasteiger partial charge in [-0.25, -0.2) is 19.3 Å². The van der Waals surface area contributed by atoms with Crippen LogP contribution < -0.4 is 14.8 Å². The number of nitrogens with zero attached hydrogens (tertiary/aromatic N) is 3. The minimum absolute atomic E-state index is 0.0533. The molecular formula is C23H23FN4O3. The van der Waals surface area contributed by atoms with E-state index in [-0.39, 0.29) is 29.6 Å². The van der Waals surface area contributed by atoms with Crippen molar-refractivity contribution in [2.75, 3.05) is 13.7 Å². The third kappa shape index (κ3) is 4.79. The number of ether oxygens (including phenoxy) is 2. The number of hydrogen-bond donors (Lipinski definition) is 1. The average Bonchev–Trinajstić information content (AvgIpc) is 3.25. The fourth-order valence-corrected chi connectivity index (χ4v) is 3.84. The Balaban J connectivity index is 1.50. The van der Waals surface area contributed by atoms with E-state index >= 15 is 0 Å². The minimum atomic E-state index is -0.304. The molecule has 8 heteroatoms. The zero-order valence-corrected chi connectivity index (χ0v) is 17.1. The Morgan fingerprint density at radius 1 is 1.10 bits per heavy atom. The molecule has 1 aromatic carbocycles. The summed E-state index contributed by atoms with van der Waals surface area (Å²) in [6.07, 6.45) is 7.58. The first-order chi connectivity index (χ1) is 15.2. The molecule has 0 radical (unpaired) electrons. The number of nitrogens with one attached hydrogen (secondary N) is 1. The lowest BCUT2D eigenvalue weighted by molar-refractivity contribution is 0.0915. The second kappa shape index (κ2) is 9.51. The molecular weight excluding hydrogens is 399 g/mol. The van der Waals surface area contributed by atoms with Gasteiger partial charge in [0.2, 0.25) is 5.88 Å². The molecule has 0 aliphatic heterocycles. The highest BCUT2D eigenvalue weighted by Crippen LogP contribution is 2.30. The van der Waals surface area contributed by atoms with Crippen molar-refractivity contribution in [3.8, 4) is 23.0 Å². The predicted octanol–water partition coefficient (Wildman–Crippen LogP) is 3.66. The maximum absolute atomic E-state index is 13.3. The number of carbonyl (C=O) groups excluding carboxylic acids is 1. The molecule has 1 unspecified atom stereocenters. The topological polar surface area (TPSA) is 86.2 Å². The van der Waals surface area contributed by atoms with E-state index in [0.29, 0.717) is 29.3 Å². The number of halogens is 1. The summed E-state index contributed by atoms with van der Waals surface area (Å²) in [5, 5.41) is 3.12. The van der Waals surface area contributed by atoms with Gasteiger partial charge in [0.25, 0.3) is 5.91 Å². The van der Waals surface area contributed by atoms with Crippen molar-refractivity contribution in [1.82, 2.24) is 20.3 Å². The molecule has 7 nitrogen and oxygen atoms in total. The van der Waals surface area contributed by atoms with Crippen molar-refractivity contribution >= 4 is 5.91 Å². The summed E-state index contributed by atoms with van der Waals surface area (Å²) in [7, 11) is 1.48. The third-order valence-corrected chi connectivity index (χ3v) is 5.40. The van der Waals surface area contributed by atoms with Crippen LogP contribution in [0.4, 0.5) is 4.39 Å². The second-order valence-electron chi connectivity index (χ2n) is 7.35. The Morgan fingerprint density at radius 3 is 2.61 bits per heavy atom. The van der Waals surface area contributed by atoms with Gasteiger partial charge >= 0.3 is 0 Å². The van der Waals surface area contributed by atoms with Gasteiger partial charge in [-0.15, -0.1) is 0 Å². The molecule has 2 heterocycles. The van der Waals surface area contributed by atoms with E-state index in [9.17, 15) is 9.18 Å². The van der Waals surface area contributed by atoms with Crippen molar-refractivity contribution < 1.29 is 18.7 Å². The predicted molar refractivity (Wildman–Crippen MR) is 112 cm³/mol. The van der Waals surface area contributed by atoms with Gasteiger partial charge in [-0.2, -0.15) is 0 Å². The monoisotopic (exact) mass is 422 g/mol. The Labute approximate surface area is 179 Å². The van der Waals surface area contributed by atoms with E-state index in [1.165, 1.54) is 19.2 Å². The smallest absolute Gasteiger partial charge is 0.257 e. The molecule has 0 bridgehead atoms. The molecule has 0 spiro atoms. The van der Waals surface area contributed by atoms with Crippen molar-refractivity contribution in [3.05, 3.63) is 66.4 Å². The van der Waals surface area contributed by atoms with Gasteiger partial charge in [0.15, 0.2) is 5.82 Å². The number of benzene rings is 1. The SMILES string of the molecule is COc1nccc(-c2ncccn2)c1C(=O)NC1CCC[C@@H]1COc1ccc(F)cc1. The molecule has 1 saturated carbocycles. The average molecular weight is 422 g/mol. The molecule has 1 N–H and O–H groups in total. The van der Waals surface area contributed by atoms with Gasteiger partial charge in [0.05, 0.1) is 13.7 Å². The summed E-state index contributed by atoms with van der Waals surface area (Å²) in [6.45, 7) is 0.440. The molecule has 2 aromatic heterocycles. The van der Waals surface area contributed by atoms with Crippen LogP contribution >= 0.6 is 0 Å². The molecule has 3 aromatic rings. The number of carbonyl (C=O) groups is 1. The van der Waals surface area contributed by atoms with Gasteiger partial charge in [-0.1, -0.05) is 6.42 Å². The van der Waals surface area contributed by atoms with Crippen molar-refractivity contribution in [3.63, 3.8) is 0 Å². The Kier molecular flexibility index (Phi) is 6.35. The molecule has 0 saturated heterocycles. The maximum atomic E-state index is 13.3. The van der Waals surface area contributed by atoms with E-state index in [4.69, 9.17) is 9.47 Å². The summed E-state index contributed by atoms with van der Waals surface area (Å²) < 4.78 is 24.3. The van der Waals surface area contributed by atoms with E-state index in [2.05, 4.69) is 20.3 Å². The summed E-state index contributed by atoms with van der Waals surface area (Å²) in [5.74, 6) is 0.812. The lowest BCUT2D eigenvalue weighted by Gasteiger charge is -2.22. The van der Waals surface area contributed by atoms with Crippen molar-refractivity contribution in [1.29, 1.82) is 0 Å². The molecule has 31 heavy (non-hydrogen) atoms. The molecule has 2 atom stereocenters. The van der Waals surface area contributed by atoms with Gasteiger partial charge in [-0.05, 0) is 49.2 Å². The lowest BCUT2D eigenvalue weighted by atomic mass is 10.0. The van der Waals surface area contributed by atoms with Crippen LogP contribution in [0.15, 0.2) is 55.0 Å². The molecule has 1 aliphatic carbocycles. The van der Waals surface area contributed by atoms with E-state index in [1.54, 1.807) is 42.9 Å². The Morgan fingerprint density at radius 2 is 1.87 bits per heavy atom. The van der Waals surface area contributed by atoms with Crippen LogP contribution in [0.2, 0.25) is 0 Å². The number of methoxy groups -OCH3 is 1. The van der Waals surface area contributed by atoms with Crippen LogP contribution in [-0.4, -0.2) is 40.6 Å². The quantitative estimate of drug-likeness (QED) is 0.625. The molecule has 4 rings (SSSR count).